The normalized spacial score (nSPS) is 10.9. The lowest BCUT2D eigenvalue weighted by atomic mass is 10.1. The van der Waals surface area contributed by atoms with E-state index in [1.807, 2.05) is 32.0 Å². The highest BCUT2D eigenvalue weighted by atomic mass is 79.9. The number of nitrogens with one attached hydrogen (secondary N) is 1. The number of carbonyl (C=O) groups excluding carboxylic acids is 1. The first-order chi connectivity index (χ1) is 15.8. The molecule has 8 heteroatoms. The third-order valence-electron chi connectivity index (χ3n) is 4.78. The second kappa shape index (κ2) is 10.6. The third-order valence-corrected chi connectivity index (χ3v) is 5.28. The van der Waals surface area contributed by atoms with E-state index in [9.17, 15) is 20.2 Å². The second-order valence-corrected chi connectivity index (χ2v) is 8.26. The van der Waals surface area contributed by atoms with Gasteiger partial charge in [0.15, 0.2) is 0 Å². The Morgan fingerprint density at radius 1 is 1.18 bits per heavy atom. The number of benzene rings is 3. The SMILES string of the molecule is Cc1ccc(NC(=O)/C(C#N)=C/c2cc(Br)ccc2OCc2cccc([N+](=O)[O-])c2)c(C)c1. The molecule has 3 rings (SSSR count). The van der Waals surface area contributed by atoms with E-state index in [-0.39, 0.29) is 17.9 Å². The van der Waals surface area contributed by atoms with Gasteiger partial charge >= 0.3 is 0 Å². The summed E-state index contributed by atoms with van der Waals surface area (Å²) < 4.78 is 6.60. The first-order valence-electron chi connectivity index (χ1n) is 9.93. The number of nitro groups is 1. The van der Waals surface area contributed by atoms with Crippen LogP contribution in [-0.2, 0) is 11.4 Å². The molecule has 1 amide bonds. The molecule has 0 atom stereocenters. The van der Waals surface area contributed by atoms with E-state index in [4.69, 9.17) is 4.74 Å². The third kappa shape index (κ3) is 6.28. The van der Waals surface area contributed by atoms with E-state index in [0.29, 0.717) is 22.6 Å². The van der Waals surface area contributed by atoms with Crippen LogP contribution in [0.25, 0.3) is 6.08 Å². The molecule has 0 heterocycles. The van der Waals surface area contributed by atoms with Gasteiger partial charge in [-0.3, -0.25) is 14.9 Å². The van der Waals surface area contributed by atoms with E-state index < -0.39 is 10.8 Å². The fourth-order valence-electron chi connectivity index (χ4n) is 3.13. The zero-order valence-corrected chi connectivity index (χ0v) is 19.5. The fraction of sp³-hybridized carbons (Fsp3) is 0.120. The molecule has 0 unspecified atom stereocenters. The number of amides is 1. The summed E-state index contributed by atoms with van der Waals surface area (Å²) >= 11 is 3.39. The zero-order chi connectivity index (χ0) is 24.0. The topological polar surface area (TPSA) is 105 Å². The molecule has 0 bridgehead atoms. The number of ether oxygens (including phenoxy) is 1. The van der Waals surface area contributed by atoms with Gasteiger partial charge in [0, 0.05) is 27.9 Å². The van der Waals surface area contributed by atoms with Gasteiger partial charge in [0.2, 0.25) is 0 Å². The maximum absolute atomic E-state index is 12.7. The van der Waals surface area contributed by atoms with Crippen LogP contribution in [-0.4, -0.2) is 10.8 Å². The number of carbonyl (C=O) groups is 1. The van der Waals surface area contributed by atoms with Crippen LogP contribution in [0.4, 0.5) is 11.4 Å². The van der Waals surface area contributed by atoms with Gasteiger partial charge in [-0.05, 0) is 55.3 Å². The molecule has 0 fully saturated rings. The van der Waals surface area contributed by atoms with Crippen molar-refractivity contribution in [3.63, 3.8) is 0 Å². The van der Waals surface area contributed by atoms with Gasteiger partial charge in [-0.2, -0.15) is 5.26 Å². The number of nitrogens with zero attached hydrogens (tertiary/aromatic N) is 2. The monoisotopic (exact) mass is 505 g/mol. The Labute approximate surface area is 199 Å². The Morgan fingerprint density at radius 3 is 2.67 bits per heavy atom. The molecule has 0 aromatic heterocycles. The first kappa shape index (κ1) is 23.7. The van der Waals surface area contributed by atoms with Crippen LogP contribution in [0.3, 0.4) is 0 Å². The van der Waals surface area contributed by atoms with Gasteiger partial charge in [0.1, 0.15) is 24.0 Å². The van der Waals surface area contributed by atoms with E-state index in [1.165, 1.54) is 18.2 Å². The van der Waals surface area contributed by atoms with Crippen molar-refractivity contribution < 1.29 is 14.5 Å². The number of nitro benzene ring substituents is 1. The highest BCUT2D eigenvalue weighted by Gasteiger charge is 2.14. The van der Waals surface area contributed by atoms with Crippen LogP contribution < -0.4 is 10.1 Å². The summed E-state index contributed by atoms with van der Waals surface area (Å²) in [5.74, 6) is -0.106. The predicted octanol–water partition coefficient (Wildman–Crippen LogP) is 6.10. The number of hydrogen-bond donors (Lipinski definition) is 1. The summed E-state index contributed by atoms with van der Waals surface area (Å²) in [5, 5.41) is 23.4. The molecule has 166 valence electrons. The van der Waals surface area contributed by atoms with Gasteiger partial charge in [0.25, 0.3) is 11.6 Å². The smallest absolute Gasteiger partial charge is 0.269 e. The van der Waals surface area contributed by atoms with Crippen molar-refractivity contribution in [1.29, 1.82) is 5.26 Å². The summed E-state index contributed by atoms with van der Waals surface area (Å²) in [5.41, 5.74) is 3.61. The number of non-ortho nitro benzene ring substituents is 1. The van der Waals surface area contributed by atoms with Crippen molar-refractivity contribution in [3.8, 4) is 11.8 Å². The summed E-state index contributed by atoms with van der Waals surface area (Å²) in [6.45, 7) is 3.93. The summed E-state index contributed by atoms with van der Waals surface area (Å²) in [6.07, 6.45) is 1.45. The highest BCUT2D eigenvalue weighted by Crippen LogP contribution is 2.27. The minimum atomic E-state index is -0.533. The van der Waals surface area contributed by atoms with Crippen LogP contribution in [0.2, 0.25) is 0 Å². The maximum Gasteiger partial charge on any atom is 0.269 e. The number of halogens is 1. The molecule has 33 heavy (non-hydrogen) atoms. The Kier molecular flexibility index (Phi) is 7.59. The molecule has 0 spiro atoms. The molecule has 3 aromatic carbocycles. The molecule has 1 N–H and O–H groups in total. The molecule has 3 aromatic rings. The molecule has 0 radical (unpaired) electrons. The van der Waals surface area contributed by atoms with Crippen molar-refractivity contribution in [2.75, 3.05) is 5.32 Å². The summed E-state index contributed by atoms with van der Waals surface area (Å²) in [7, 11) is 0. The average Bonchev–Trinajstić information content (AvgIpc) is 2.78. The van der Waals surface area contributed by atoms with Crippen molar-refractivity contribution in [1.82, 2.24) is 0 Å². The van der Waals surface area contributed by atoms with Crippen LogP contribution in [0, 0.1) is 35.3 Å². The number of aryl methyl sites for hydroxylation is 2. The van der Waals surface area contributed by atoms with Crippen LogP contribution >= 0.6 is 15.9 Å². The van der Waals surface area contributed by atoms with Crippen molar-refractivity contribution in [3.05, 3.63) is 103 Å². The Morgan fingerprint density at radius 2 is 1.97 bits per heavy atom. The lowest BCUT2D eigenvalue weighted by Crippen LogP contribution is -2.14. The predicted molar refractivity (Wildman–Crippen MR) is 130 cm³/mol. The molecule has 0 saturated heterocycles. The van der Waals surface area contributed by atoms with Crippen LogP contribution in [0.15, 0.2) is 70.7 Å². The molecule has 0 aliphatic rings. The minimum absolute atomic E-state index is 0.0261. The Balaban J connectivity index is 1.84. The Bertz CT molecular complexity index is 1300. The van der Waals surface area contributed by atoms with Gasteiger partial charge in [0.05, 0.1) is 4.92 Å². The average molecular weight is 506 g/mol. The summed E-state index contributed by atoms with van der Waals surface area (Å²) in [4.78, 5) is 23.3. The van der Waals surface area contributed by atoms with E-state index in [2.05, 4.69) is 21.2 Å². The molecule has 7 nitrogen and oxygen atoms in total. The van der Waals surface area contributed by atoms with E-state index >= 15 is 0 Å². The minimum Gasteiger partial charge on any atom is -0.488 e. The van der Waals surface area contributed by atoms with Gasteiger partial charge in [-0.15, -0.1) is 0 Å². The van der Waals surface area contributed by atoms with Gasteiger partial charge in [-0.25, -0.2) is 0 Å². The van der Waals surface area contributed by atoms with Crippen molar-refractivity contribution in [2.24, 2.45) is 0 Å². The highest BCUT2D eigenvalue weighted by molar-refractivity contribution is 9.10. The molecule has 0 aliphatic heterocycles. The van der Waals surface area contributed by atoms with Crippen molar-refractivity contribution >= 4 is 39.3 Å². The number of anilines is 1. The number of rotatable bonds is 7. The quantitative estimate of drug-likeness (QED) is 0.181. The van der Waals surface area contributed by atoms with Gasteiger partial charge < -0.3 is 10.1 Å². The largest absolute Gasteiger partial charge is 0.488 e. The standard InChI is InChI=1S/C25H20BrN3O4/c1-16-6-8-23(17(2)10-16)28-25(30)20(14-27)12-19-13-21(26)7-9-24(19)33-15-18-4-3-5-22(11-18)29(31)32/h3-13H,15H2,1-2H3,(H,28,30)/b20-12+. The van der Waals surface area contributed by atoms with E-state index in [0.717, 1.165) is 15.6 Å². The molecular weight excluding hydrogens is 486 g/mol. The molecule has 0 saturated carbocycles. The lowest BCUT2D eigenvalue weighted by Gasteiger charge is -2.11. The fourth-order valence-corrected chi connectivity index (χ4v) is 3.51. The zero-order valence-electron chi connectivity index (χ0n) is 18.0. The maximum atomic E-state index is 12.7. The van der Waals surface area contributed by atoms with Crippen LogP contribution in [0.5, 0.6) is 5.75 Å². The summed E-state index contributed by atoms with van der Waals surface area (Å²) in [6, 6.07) is 18.9. The number of nitriles is 1. The first-order valence-corrected chi connectivity index (χ1v) is 10.7. The second-order valence-electron chi connectivity index (χ2n) is 7.34. The lowest BCUT2D eigenvalue weighted by molar-refractivity contribution is -0.384. The Hall–Kier alpha value is -3.96. The van der Waals surface area contributed by atoms with E-state index in [1.54, 1.807) is 36.4 Å². The molecular formula is C25H20BrN3O4. The van der Waals surface area contributed by atoms with Gasteiger partial charge in [-0.1, -0.05) is 45.8 Å². The molecule has 0 aliphatic carbocycles. The van der Waals surface area contributed by atoms with Crippen LogP contribution in [0.1, 0.15) is 22.3 Å². The van der Waals surface area contributed by atoms with Crippen molar-refractivity contribution in [2.45, 2.75) is 20.5 Å². The number of hydrogen-bond acceptors (Lipinski definition) is 5.